The fourth-order valence-corrected chi connectivity index (χ4v) is 2.29. The summed E-state index contributed by atoms with van der Waals surface area (Å²) in [6.07, 6.45) is 3.32. The van der Waals surface area contributed by atoms with Crippen molar-refractivity contribution >= 4 is 0 Å². The Hall–Kier alpha value is -1.02. The Morgan fingerprint density at radius 1 is 1.50 bits per heavy atom. The highest BCUT2D eigenvalue weighted by atomic mass is 16.5. The van der Waals surface area contributed by atoms with Gasteiger partial charge in [-0.05, 0) is 36.5 Å². The van der Waals surface area contributed by atoms with Gasteiger partial charge in [-0.25, -0.2) is 0 Å². The van der Waals surface area contributed by atoms with E-state index in [0.717, 1.165) is 25.0 Å². The Labute approximate surface area is 84.5 Å². The molecule has 1 aliphatic carbocycles. The maximum atomic E-state index is 9.26. The molecule has 14 heavy (non-hydrogen) atoms. The molecule has 2 nitrogen and oxygen atoms in total. The largest absolute Gasteiger partial charge is 0.496 e. The fourth-order valence-electron chi connectivity index (χ4n) is 2.29. The van der Waals surface area contributed by atoms with Crippen LogP contribution in [0.2, 0.25) is 0 Å². The van der Waals surface area contributed by atoms with Gasteiger partial charge in [-0.3, -0.25) is 0 Å². The molecule has 76 valence electrons. The summed E-state index contributed by atoms with van der Waals surface area (Å²) in [5, 5.41) is 9.26. The van der Waals surface area contributed by atoms with Crippen molar-refractivity contribution in [3.05, 3.63) is 29.3 Å². The van der Waals surface area contributed by atoms with Crippen LogP contribution in [0.3, 0.4) is 0 Å². The van der Waals surface area contributed by atoms with E-state index in [-0.39, 0.29) is 6.61 Å². The summed E-state index contributed by atoms with van der Waals surface area (Å²) in [4.78, 5) is 0. The number of hydrogen-bond acceptors (Lipinski definition) is 2. The first-order valence-corrected chi connectivity index (χ1v) is 5.13. The van der Waals surface area contributed by atoms with Gasteiger partial charge in [0.2, 0.25) is 0 Å². The van der Waals surface area contributed by atoms with Crippen LogP contribution in [0.25, 0.3) is 0 Å². The van der Waals surface area contributed by atoms with Crippen LogP contribution in [0.5, 0.6) is 5.75 Å². The number of rotatable bonds is 2. The van der Waals surface area contributed by atoms with Crippen molar-refractivity contribution < 1.29 is 9.84 Å². The van der Waals surface area contributed by atoms with Crippen LogP contribution < -0.4 is 4.74 Å². The smallest absolute Gasteiger partial charge is 0.122 e. The van der Waals surface area contributed by atoms with Crippen molar-refractivity contribution in [1.82, 2.24) is 0 Å². The molecule has 1 atom stereocenters. The zero-order valence-electron chi connectivity index (χ0n) is 8.49. The molecule has 1 aromatic rings. The summed E-state index contributed by atoms with van der Waals surface area (Å²) in [6, 6.07) is 6.11. The number of benzene rings is 1. The topological polar surface area (TPSA) is 29.5 Å². The molecular weight excluding hydrogens is 176 g/mol. The molecule has 1 aliphatic rings. The number of methoxy groups -OCH3 is 1. The minimum absolute atomic E-state index is 0.250. The second kappa shape index (κ2) is 4.01. The number of aliphatic hydroxyl groups excluding tert-OH is 1. The second-order valence-electron chi connectivity index (χ2n) is 3.80. The van der Waals surface area contributed by atoms with E-state index < -0.39 is 0 Å². The Morgan fingerprint density at radius 2 is 2.36 bits per heavy atom. The predicted molar refractivity (Wildman–Crippen MR) is 55.8 cm³/mol. The highest BCUT2D eigenvalue weighted by Gasteiger charge is 2.21. The number of ether oxygens (including phenoxy) is 1. The Bertz CT molecular complexity index is 320. The van der Waals surface area contributed by atoms with Crippen LogP contribution in [0.1, 0.15) is 29.9 Å². The van der Waals surface area contributed by atoms with Crippen molar-refractivity contribution in [2.24, 2.45) is 0 Å². The van der Waals surface area contributed by atoms with Crippen molar-refractivity contribution in [3.8, 4) is 5.75 Å². The third-order valence-electron chi connectivity index (χ3n) is 3.03. The van der Waals surface area contributed by atoms with Gasteiger partial charge in [0.1, 0.15) is 5.75 Å². The van der Waals surface area contributed by atoms with Gasteiger partial charge in [-0.1, -0.05) is 12.1 Å². The van der Waals surface area contributed by atoms with Gasteiger partial charge in [0, 0.05) is 12.5 Å². The molecule has 0 saturated carbocycles. The number of hydrogen-bond donors (Lipinski definition) is 1. The minimum Gasteiger partial charge on any atom is -0.496 e. The first-order chi connectivity index (χ1) is 6.86. The van der Waals surface area contributed by atoms with E-state index in [1.807, 2.05) is 12.1 Å². The standard InChI is InChI=1S/C12H16O2/c1-14-12-7-3-5-10-9(8-13)4-2-6-11(10)12/h3,5,7,9,13H,2,4,6,8H2,1H3/t9-/m0/s1. The molecule has 0 heterocycles. The highest BCUT2D eigenvalue weighted by molar-refractivity contribution is 5.43. The van der Waals surface area contributed by atoms with Gasteiger partial charge >= 0.3 is 0 Å². The lowest BCUT2D eigenvalue weighted by atomic mass is 9.83. The van der Waals surface area contributed by atoms with Crippen LogP contribution >= 0.6 is 0 Å². The predicted octanol–water partition coefficient (Wildman–Crippen LogP) is 2.11. The molecule has 0 saturated heterocycles. The van der Waals surface area contributed by atoms with Crippen molar-refractivity contribution in [3.63, 3.8) is 0 Å². The third-order valence-corrected chi connectivity index (χ3v) is 3.03. The average Bonchev–Trinajstić information content (AvgIpc) is 2.27. The SMILES string of the molecule is COc1cccc2c1CCC[C@H]2CO. The van der Waals surface area contributed by atoms with Gasteiger partial charge in [-0.15, -0.1) is 0 Å². The minimum atomic E-state index is 0.250. The summed E-state index contributed by atoms with van der Waals surface area (Å²) in [5.41, 5.74) is 2.57. The van der Waals surface area contributed by atoms with Gasteiger partial charge < -0.3 is 9.84 Å². The van der Waals surface area contributed by atoms with Gasteiger partial charge in [0.25, 0.3) is 0 Å². The molecule has 0 aromatic heterocycles. The van der Waals surface area contributed by atoms with Crippen LogP contribution in [-0.2, 0) is 6.42 Å². The lowest BCUT2D eigenvalue weighted by Gasteiger charge is -2.25. The lowest BCUT2D eigenvalue weighted by molar-refractivity contribution is 0.252. The molecule has 0 aliphatic heterocycles. The van der Waals surface area contributed by atoms with Crippen LogP contribution in [-0.4, -0.2) is 18.8 Å². The summed E-state index contributed by atoms with van der Waals surface area (Å²) in [5.74, 6) is 1.29. The van der Waals surface area contributed by atoms with Gasteiger partial charge in [-0.2, -0.15) is 0 Å². The van der Waals surface area contributed by atoms with E-state index in [4.69, 9.17) is 4.74 Å². The third kappa shape index (κ3) is 1.50. The van der Waals surface area contributed by atoms with E-state index >= 15 is 0 Å². The zero-order chi connectivity index (χ0) is 9.97. The van der Waals surface area contributed by atoms with Crippen molar-refractivity contribution in [2.75, 3.05) is 13.7 Å². The van der Waals surface area contributed by atoms with Gasteiger partial charge in [0.05, 0.1) is 7.11 Å². The molecule has 1 N–H and O–H groups in total. The zero-order valence-corrected chi connectivity index (χ0v) is 8.49. The molecule has 2 rings (SSSR count). The summed E-state index contributed by atoms with van der Waals surface area (Å²) in [6.45, 7) is 0.250. The van der Waals surface area contributed by atoms with E-state index in [1.165, 1.54) is 11.1 Å². The molecule has 0 radical (unpaired) electrons. The monoisotopic (exact) mass is 192 g/mol. The van der Waals surface area contributed by atoms with E-state index in [1.54, 1.807) is 7.11 Å². The molecule has 0 unspecified atom stereocenters. The maximum absolute atomic E-state index is 9.26. The molecule has 2 heteroatoms. The quantitative estimate of drug-likeness (QED) is 0.777. The molecular formula is C12H16O2. The lowest BCUT2D eigenvalue weighted by Crippen LogP contribution is -2.13. The first-order valence-electron chi connectivity index (χ1n) is 5.13. The molecule has 1 aromatic carbocycles. The first kappa shape index (κ1) is 9.53. The van der Waals surface area contributed by atoms with Crippen molar-refractivity contribution in [2.45, 2.75) is 25.2 Å². The highest BCUT2D eigenvalue weighted by Crippen LogP contribution is 2.35. The van der Waals surface area contributed by atoms with E-state index in [0.29, 0.717) is 5.92 Å². The normalized spacial score (nSPS) is 20.3. The van der Waals surface area contributed by atoms with Crippen LogP contribution in [0.4, 0.5) is 0 Å². The summed E-state index contributed by atoms with van der Waals surface area (Å²) in [7, 11) is 1.71. The van der Waals surface area contributed by atoms with E-state index in [2.05, 4.69) is 6.07 Å². The molecule has 0 spiro atoms. The fraction of sp³-hybridized carbons (Fsp3) is 0.500. The van der Waals surface area contributed by atoms with Crippen molar-refractivity contribution in [1.29, 1.82) is 0 Å². The van der Waals surface area contributed by atoms with E-state index in [9.17, 15) is 5.11 Å². The average molecular weight is 192 g/mol. The molecule has 0 bridgehead atoms. The van der Waals surface area contributed by atoms with Crippen LogP contribution in [0, 0.1) is 0 Å². The van der Waals surface area contributed by atoms with Gasteiger partial charge in [0.15, 0.2) is 0 Å². The second-order valence-corrected chi connectivity index (χ2v) is 3.80. The molecule has 0 amide bonds. The molecule has 0 fully saturated rings. The Balaban J connectivity index is 2.43. The Morgan fingerprint density at radius 3 is 3.07 bits per heavy atom. The number of aliphatic hydroxyl groups is 1. The summed E-state index contributed by atoms with van der Waals surface area (Å²) >= 11 is 0. The Kier molecular flexibility index (Phi) is 2.73. The maximum Gasteiger partial charge on any atom is 0.122 e. The van der Waals surface area contributed by atoms with Crippen LogP contribution in [0.15, 0.2) is 18.2 Å². The number of fused-ring (bicyclic) bond motifs is 1. The summed E-state index contributed by atoms with van der Waals surface area (Å²) < 4.78 is 5.32.